The number of anilines is 1. The Kier molecular flexibility index (Phi) is 20.5. The topological polar surface area (TPSA) is 280 Å². The summed E-state index contributed by atoms with van der Waals surface area (Å²) in [4.78, 5) is 42.2. The number of aliphatic hydroxyl groups is 5. The number of halogens is 1. The van der Waals surface area contributed by atoms with Crippen LogP contribution < -0.4 is 16.6 Å². The van der Waals surface area contributed by atoms with Crippen molar-refractivity contribution < 1.29 is 67.9 Å². The van der Waals surface area contributed by atoms with Crippen molar-refractivity contribution in [2.75, 3.05) is 53.8 Å². The highest BCUT2D eigenvalue weighted by molar-refractivity contribution is 5.80. The first-order chi connectivity index (χ1) is 36.0. The van der Waals surface area contributed by atoms with Gasteiger partial charge in [-0.25, -0.2) is 9.07 Å². The van der Waals surface area contributed by atoms with Gasteiger partial charge < -0.3 is 74.2 Å². The number of benzene rings is 1. The van der Waals surface area contributed by atoms with Crippen molar-refractivity contribution >= 4 is 11.7 Å². The van der Waals surface area contributed by atoms with Gasteiger partial charge in [-0.1, -0.05) is 50.3 Å². The van der Waals surface area contributed by atoms with Gasteiger partial charge in [0.25, 0.3) is 0 Å². The van der Waals surface area contributed by atoms with Crippen LogP contribution in [0.2, 0.25) is 0 Å². The van der Waals surface area contributed by atoms with Crippen LogP contribution in [-0.4, -0.2) is 195 Å². The summed E-state index contributed by atoms with van der Waals surface area (Å²) in [7, 11) is 6.60. The summed E-state index contributed by atoms with van der Waals surface area (Å²) in [5, 5.41) is 68.5. The van der Waals surface area contributed by atoms with Gasteiger partial charge in [0, 0.05) is 64.3 Å². The Morgan fingerprint density at radius 2 is 1.61 bits per heavy atom. The molecule has 7 N–H and O–H groups in total. The highest BCUT2D eigenvalue weighted by atomic mass is 19.1. The van der Waals surface area contributed by atoms with Crippen LogP contribution in [0.5, 0.6) is 0 Å². The Bertz CT molecular complexity index is 2470. The number of ether oxygens (including phenoxy) is 7. The number of esters is 1. The van der Waals surface area contributed by atoms with Gasteiger partial charge in [-0.15, -0.1) is 5.10 Å². The predicted molar refractivity (Wildman–Crippen MR) is 283 cm³/mol. The molecule has 0 unspecified atom stereocenters. The van der Waals surface area contributed by atoms with Gasteiger partial charge >= 0.3 is 5.97 Å². The summed E-state index contributed by atoms with van der Waals surface area (Å²) in [5.74, 6) is -2.96. The van der Waals surface area contributed by atoms with E-state index < -0.39 is 138 Å². The highest BCUT2D eigenvalue weighted by Crippen LogP contribution is 2.41. The first-order valence-electron chi connectivity index (χ1n) is 27.0. The summed E-state index contributed by atoms with van der Waals surface area (Å²) in [6.45, 7) is 17.2. The normalized spacial score (nSPS) is 38.2. The van der Waals surface area contributed by atoms with Crippen LogP contribution in [0.4, 0.5) is 10.1 Å². The molecule has 21 nitrogen and oxygen atoms in total. The number of hydrogen-bond donors (Lipinski definition) is 6. The smallest absolute Gasteiger partial charge is 0.311 e. The Morgan fingerprint density at radius 3 is 2.21 bits per heavy atom. The lowest BCUT2D eigenvalue weighted by atomic mass is 9.77. The quantitative estimate of drug-likeness (QED) is 0.0889. The molecule has 4 heterocycles. The molecular weight excluding hydrogens is 1000 g/mol. The van der Waals surface area contributed by atoms with E-state index in [0.717, 1.165) is 0 Å². The number of nitrogens with two attached hydrogens (primary N) is 1. The van der Waals surface area contributed by atoms with Crippen LogP contribution >= 0.6 is 0 Å². The minimum Gasteiger partial charge on any atom is -0.459 e. The SMILES string of the molecule is CC[C@H]1OC(=O)[C@H](C)[C@@H](O[C@H]2C[C@@](C)(OC)[C@@H](O)[C@H](C)O2)[C@H](C)[C@@H](O[C@@H]2O[C@H](C)C[C@H](N(C)CCc3cn([C@H](CF)[C@H](OC)c4ccc(-c5c(N)c(=O)c5=O)cc4)nn3)[C@H]2O)[C@](C)(O)C[C@@H](C)CN(C)[C@H](C)[C@@H](O)[C@]1(C)O. The molecule has 3 fully saturated rings. The Morgan fingerprint density at radius 1 is 0.948 bits per heavy atom. The predicted octanol–water partition coefficient (Wildman–Crippen LogP) is 2.85. The molecule has 434 valence electrons. The molecule has 77 heavy (non-hydrogen) atoms. The minimum atomic E-state index is -1.87. The van der Waals surface area contributed by atoms with Gasteiger partial charge in [0.15, 0.2) is 12.6 Å². The third-order valence-corrected chi connectivity index (χ3v) is 17.0. The summed E-state index contributed by atoms with van der Waals surface area (Å²) >= 11 is 0. The number of methoxy groups -OCH3 is 2. The van der Waals surface area contributed by atoms with E-state index >= 15 is 0 Å². The van der Waals surface area contributed by atoms with Crippen LogP contribution in [0.1, 0.15) is 118 Å². The van der Waals surface area contributed by atoms with Crippen LogP contribution in [0.25, 0.3) is 11.1 Å². The van der Waals surface area contributed by atoms with E-state index in [0.29, 0.717) is 42.8 Å². The molecule has 0 bridgehead atoms. The van der Waals surface area contributed by atoms with Gasteiger partial charge in [-0.05, 0) is 98.9 Å². The van der Waals surface area contributed by atoms with Gasteiger partial charge in [0.05, 0.1) is 58.5 Å². The molecule has 6 rings (SSSR count). The maximum atomic E-state index is 14.9. The number of carbonyl (C=O) groups is 1. The number of aromatic nitrogens is 3. The average Bonchev–Trinajstić information content (AvgIpc) is 3.87. The second-order valence-corrected chi connectivity index (χ2v) is 23.1. The number of aliphatic hydroxyl groups excluding tert-OH is 3. The maximum Gasteiger partial charge on any atom is 0.311 e. The first kappa shape index (κ1) is 62.3. The van der Waals surface area contributed by atoms with Crippen molar-refractivity contribution in [3.8, 4) is 11.1 Å². The molecule has 0 spiro atoms. The van der Waals surface area contributed by atoms with Crippen molar-refractivity contribution in [1.29, 1.82) is 0 Å². The molecule has 2 aromatic carbocycles. The fourth-order valence-corrected chi connectivity index (χ4v) is 12.0. The summed E-state index contributed by atoms with van der Waals surface area (Å²) < 4.78 is 60.3. The fourth-order valence-electron chi connectivity index (χ4n) is 12.0. The number of nitrogens with zero attached hydrogens (tertiary/aromatic N) is 5. The van der Waals surface area contributed by atoms with E-state index in [4.69, 9.17) is 38.9 Å². The van der Waals surface area contributed by atoms with Gasteiger partial charge in [-0.2, -0.15) is 0 Å². The lowest BCUT2D eigenvalue weighted by Gasteiger charge is -2.49. The standard InChI is InChI=1S/C55H87FN6O15/c1-15-39-55(10,70)48(66)32(6)61(12)26-28(2)23-53(8,69)50(30(4)46(31(5)51(68)75-39)76-40-24-54(9,72-14)49(67)33(7)74-40)77-52-43(63)37(22-29(3)73-52)60(11)21-20-36-27-62(59-58-36)38(25-56)47(71-13)35-18-16-34(17-19-35)41-42(57)45(65)44(41)64/h16-19,27-33,37-40,43,46-50,52,63,66-67,69-70H,15,20-26,57H2,1-14H3/t28-,29-,30+,31-,32-,33+,37+,38-,39-,40+,43-,46+,47-,48-,49+,50-,52+,53-,54-,55-/m1/s1. The second-order valence-electron chi connectivity index (χ2n) is 23.1. The first-order valence-corrected chi connectivity index (χ1v) is 27.0. The van der Waals surface area contributed by atoms with E-state index in [1.807, 2.05) is 37.7 Å². The molecule has 0 aliphatic carbocycles. The Labute approximate surface area is 451 Å². The van der Waals surface area contributed by atoms with Crippen molar-refractivity contribution in [3.63, 3.8) is 0 Å². The van der Waals surface area contributed by atoms with Crippen molar-refractivity contribution in [1.82, 2.24) is 24.8 Å². The van der Waals surface area contributed by atoms with E-state index in [1.54, 1.807) is 78.9 Å². The van der Waals surface area contributed by atoms with Crippen LogP contribution in [-0.2, 0) is 44.4 Å². The van der Waals surface area contributed by atoms with Gasteiger partial charge in [-0.3, -0.25) is 14.4 Å². The molecule has 3 saturated heterocycles. The van der Waals surface area contributed by atoms with Gasteiger partial charge in [0.1, 0.15) is 48.8 Å². The monoisotopic (exact) mass is 1090 g/mol. The molecule has 20 atom stereocenters. The second kappa shape index (κ2) is 25.3. The molecule has 3 aliphatic rings. The molecule has 0 amide bonds. The minimum absolute atomic E-state index is 0.0676. The number of hydrogen-bond acceptors (Lipinski definition) is 20. The number of nitrogen functional groups attached to an aromatic ring is 1. The summed E-state index contributed by atoms with van der Waals surface area (Å²) in [6, 6.07) is 4.57. The van der Waals surface area contributed by atoms with Crippen LogP contribution in [0, 0.1) is 17.8 Å². The van der Waals surface area contributed by atoms with Crippen LogP contribution in [0.3, 0.4) is 0 Å². The number of likely N-dealkylation sites (N-methyl/N-ethyl adjacent to an activating group) is 2. The molecule has 0 saturated carbocycles. The summed E-state index contributed by atoms with van der Waals surface area (Å²) in [6.07, 6.45) is -8.57. The molecule has 0 radical (unpaired) electrons. The molecule has 22 heteroatoms. The zero-order valence-corrected chi connectivity index (χ0v) is 47.4. The van der Waals surface area contributed by atoms with Crippen molar-refractivity contribution in [3.05, 3.63) is 62.2 Å². The molecule has 3 aromatic rings. The number of cyclic esters (lactones) is 1. The zero-order chi connectivity index (χ0) is 57.2. The lowest BCUT2D eigenvalue weighted by molar-refractivity contribution is -0.318. The average molecular weight is 1090 g/mol. The lowest BCUT2D eigenvalue weighted by Crippen LogP contribution is -2.61. The summed E-state index contributed by atoms with van der Waals surface area (Å²) in [5.41, 5.74) is 1.41. The zero-order valence-electron chi connectivity index (χ0n) is 47.4. The molecule has 3 aliphatic heterocycles. The Hall–Kier alpha value is -3.88. The van der Waals surface area contributed by atoms with E-state index in [-0.39, 0.29) is 36.4 Å². The highest BCUT2D eigenvalue weighted by Gasteiger charge is 2.53. The number of carbonyl (C=O) groups excluding carboxylic acids is 1. The fraction of sp³-hybridized carbons (Fsp3) is 0.764. The Balaban J connectivity index is 1.25. The maximum absolute atomic E-state index is 14.9. The van der Waals surface area contributed by atoms with Gasteiger partial charge in [0.2, 0.25) is 10.9 Å². The third kappa shape index (κ3) is 13.3. The molecule has 1 aromatic heterocycles. The van der Waals surface area contributed by atoms with E-state index in [2.05, 4.69) is 10.3 Å². The van der Waals surface area contributed by atoms with E-state index in [1.165, 1.54) is 25.8 Å². The van der Waals surface area contributed by atoms with Crippen LogP contribution in [0.15, 0.2) is 40.1 Å². The van der Waals surface area contributed by atoms with Crippen molar-refractivity contribution in [2.24, 2.45) is 17.8 Å². The molecular formula is C55H87FN6O15. The van der Waals surface area contributed by atoms with E-state index in [9.17, 15) is 44.3 Å². The van der Waals surface area contributed by atoms with Crippen molar-refractivity contribution in [2.45, 2.75) is 204 Å². The number of alkyl halides is 1. The third-order valence-electron chi connectivity index (χ3n) is 17.0. The number of rotatable bonds is 16. The largest absolute Gasteiger partial charge is 0.459 e.